The van der Waals surface area contributed by atoms with E-state index in [-0.39, 0.29) is 25.2 Å². The van der Waals surface area contributed by atoms with Crippen molar-refractivity contribution in [2.75, 3.05) is 5.75 Å². The van der Waals surface area contributed by atoms with Gasteiger partial charge in [0.2, 0.25) is 0 Å². The third-order valence-corrected chi connectivity index (χ3v) is 2.75. The number of carboxylic acid groups (broad SMARTS) is 2. The molecule has 0 bridgehead atoms. The fourth-order valence-corrected chi connectivity index (χ4v) is 1.78. The Bertz CT molecular complexity index is 538. The Labute approximate surface area is 148 Å². The molecule has 1 aromatic rings. The van der Waals surface area contributed by atoms with Gasteiger partial charge >= 0.3 is 19.5 Å². The van der Waals surface area contributed by atoms with E-state index in [4.69, 9.17) is 24.4 Å². The molecule has 0 saturated heterocycles. The molecule has 1 heterocycles. The number of rotatable bonds is 5. The third kappa shape index (κ3) is 23.1. The van der Waals surface area contributed by atoms with Crippen LogP contribution in [0.3, 0.4) is 0 Å². The molecule has 0 saturated carbocycles. The van der Waals surface area contributed by atoms with Crippen LogP contribution in [-0.2, 0) is 52.2 Å². The maximum absolute atomic E-state index is 10.4. The van der Waals surface area contributed by atoms with Crippen molar-refractivity contribution in [3.63, 3.8) is 0 Å². The summed E-state index contributed by atoms with van der Waals surface area (Å²) >= 11 is 0. The Hall–Kier alpha value is -1.32. The molecule has 0 spiro atoms. The van der Waals surface area contributed by atoms with Gasteiger partial charge in [-0.2, -0.15) is 8.42 Å². The first-order valence-corrected chi connectivity index (χ1v) is 7.90. The minimum absolute atomic E-state index is 0. The normalized spacial score (nSPS) is 9.39. The molecular weight excluding hydrogens is 382 g/mol. The van der Waals surface area contributed by atoms with Gasteiger partial charge in [0, 0.05) is 37.3 Å². The quantitative estimate of drug-likeness (QED) is 0.449. The third-order valence-electron chi connectivity index (χ3n) is 1.95. The van der Waals surface area contributed by atoms with Crippen molar-refractivity contribution in [2.24, 2.45) is 0 Å². The number of carbonyl (C=O) groups is 2. The van der Waals surface area contributed by atoms with Gasteiger partial charge in [0.15, 0.2) is 0 Å². The van der Waals surface area contributed by atoms with E-state index >= 15 is 0 Å². The van der Waals surface area contributed by atoms with Crippen molar-refractivity contribution in [2.45, 2.75) is 40.2 Å². The van der Waals surface area contributed by atoms with Gasteiger partial charge in [0.25, 0.3) is 10.1 Å². The first kappa shape index (κ1) is 26.6. The van der Waals surface area contributed by atoms with Crippen LogP contribution in [-0.4, -0.2) is 40.2 Å². The number of hydrogen-bond donors (Lipinski definition) is 1. The Morgan fingerprint density at radius 3 is 2.04 bits per heavy atom. The molecule has 1 rings (SSSR count). The Balaban J connectivity index is -0.000000374. The van der Waals surface area contributed by atoms with Crippen molar-refractivity contribution in [3.05, 3.63) is 18.2 Å². The van der Waals surface area contributed by atoms with Gasteiger partial charge in [0.05, 0.1) is 5.75 Å². The largest absolute Gasteiger partial charge is 2.00 e. The molecule has 0 amide bonds. The summed E-state index contributed by atoms with van der Waals surface area (Å²) in [4.78, 5) is 21.9. The van der Waals surface area contributed by atoms with E-state index in [1.807, 2.05) is 17.7 Å². The summed E-state index contributed by atoms with van der Waals surface area (Å²) in [6, 6.07) is 0. The van der Waals surface area contributed by atoms with Gasteiger partial charge in [-0.3, -0.25) is 4.55 Å². The second-order valence-corrected chi connectivity index (χ2v) is 5.57. The molecule has 128 valence electrons. The number of aryl methyl sites for hydroxylation is 2. The number of hydrogen-bond acceptors (Lipinski definition) is 7. The molecule has 0 aliphatic carbocycles. The predicted octanol–water partition coefficient (Wildman–Crippen LogP) is -1.77. The summed E-state index contributed by atoms with van der Waals surface area (Å²) in [5, 5.41) is 17.8. The van der Waals surface area contributed by atoms with Gasteiger partial charge in [-0.05, 0) is 27.2 Å². The molecular formula is C12H20N2O7SZn. The number of carboxylic acids is 2. The van der Waals surface area contributed by atoms with Crippen molar-refractivity contribution >= 4 is 22.1 Å². The summed E-state index contributed by atoms with van der Waals surface area (Å²) in [6.45, 7) is 4.76. The number of carbonyl (C=O) groups excluding carboxylic acids is 2. The molecule has 0 radical (unpaired) electrons. The van der Waals surface area contributed by atoms with Crippen LogP contribution in [0.2, 0.25) is 0 Å². The molecule has 23 heavy (non-hydrogen) atoms. The van der Waals surface area contributed by atoms with E-state index in [9.17, 15) is 8.42 Å². The minimum atomic E-state index is -3.83. The molecule has 0 aromatic carbocycles. The molecule has 1 N–H and O–H groups in total. The molecule has 0 aliphatic heterocycles. The molecule has 0 atom stereocenters. The molecule has 0 unspecified atom stereocenters. The topological polar surface area (TPSA) is 152 Å². The maximum atomic E-state index is 10.4. The summed E-state index contributed by atoms with van der Waals surface area (Å²) in [5.41, 5.74) is 0. The smallest absolute Gasteiger partial charge is 0.550 e. The van der Waals surface area contributed by atoms with Crippen LogP contribution in [0.4, 0.5) is 0 Å². The Morgan fingerprint density at radius 1 is 1.26 bits per heavy atom. The van der Waals surface area contributed by atoms with Gasteiger partial charge in [-0.1, -0.05) is 0 Å². The summed E-state index contributed by atoms with van der Waals surface area (Å²) < 4.78 is 31.4. The average molecular weight is 402 g/mol. The van der Waals surface area contributed by atoms with E-state index < -0.39 is 22.1 Å². The predicted molar refractivity (Wildman–Crippen MR) is 74.0 cm³/mol. The summed E-state index contributed by atoms with van der Waals surface area (Å²) in [7, 11) is -3.83. The molecule has 9 nitrogen and oxygen atoms in total. The summed E-state index contributed by atoms with van der Waals surface area (Å²) in [6.07, 6.45) is 4.51. The zero-order valence-electron chi connectivity index (χ0n) is 13.4. The van der Waals surface area contributed by atoms with Crippen LogP contribution in [0.25, 0.3) is 0 Å². The standard InChI is InChI=1S/C8H14N2O3S.2C2H4O2.Zn/c1-2-10-6-5-9-8(10)4-3-7-14(11,12)13;2*1-2(3)4;/h5-6H,2-4,7H2,1H3,(H,11,12,13);2*1H3,(H,3,4);/q;;;+2/p-2. The van der Waals surface area contributed by atoms with Crippen LogP contribution in [0.15, 0.2) is 12.4 Å². The fraction of sp³-hybridized carbons (Fsp3) is 0.583. The summed E-state index contributed by atoms with van der Waals surface area (Å²) in [5.74, 6) is -1.51. The number of imidazole rings is 1. The molecule has 0 aliphatic rings. The van der Waals surface area contributed by atoms with Crippen molar-refractivity contribution in [1.29, 1.82) is 0 Å². The van der Waals surface area contributed by atoms with Gasteiger partial charge < -0.3 is 24.4 Å². The van der Waals surface area contributed by atoms with E-state index in [0.29, 0.717) is 12.8 Å². The van der Waals surface area contributed by atoms with Gasteiger partial charge in [-0.15, -0.1) is 0 Å². The zero-order chi connectivity index (χ0) is 17.8. The van der Waals surface area contributed by atoms with E-state index in [0.717, 1.165) is 26.2 Å². The number of aromatic nitrogens is 2. The van der Waals surface area contributed by atoms with Gasteiger partial charge in [-0.25, -0.2) is 4.98 Å². The fourth-order valence-electron chi connectivity index (χ4n) is 1.27. The zero-order valence-corrected chi connectivity index (χ0v) is 17.2. The van der Waals surface area contributed by atoms with Crippen molar-refractivity contribution < 1.29 is 52.3 Å². The van der Waals surface area contributed by atoms with E-state index in [2.05, 4.69) is 4.98 Å². The maximum Gasteiger partial charge on any atom is 2.00 e. The van der Waals surface area contributed by atoms with Crippen molar-refractivity contribution in [1.82, 2.24) is 9.55 Å². The molecule has 0 fully saturated rings. The molecule has 1 aromatic heterocycles. The van der Waals surface area contributed by atoms with Crippen LogP contribution < -0.4 is 10.2 Å². The van der Waals surface area contributed by atoms with Crippen LogP contribution >= 0.6 is 0 Å². The first-order chi connectivity index (χ1) is 9.99. The van der Waals surface area contributed by atoms with Crippen LogP contribution in [0.5, 0.6) is 0 Å². The number of aliphatic carboxylic acids is 2. The van der Waals surface area contributed by atoms with E-state index in [1.54, 1.807) is 6.20 Å². The average Bonchev–Trinajstić information content (AvgIpc) is 2.73. The van der Waals surface area contributed by atoms with E-state index in [1.165, 1.54) is 0 Å². The second kappa shape index (κ2) is 14.3. The Kier molecular flexibility index (Phi) is 16.5. The SMILES string of the molecule is CC(=O)[O-].CC(=O)[O-].CCn1ccnc1CCCS(=O)(=O)O.[Zn+2]. The van der Waals surface area contributed by atoms with Gasteiger partial charge in [0.1, 0.15) is 5.82 Å². The number of nitrogens with zero attached hydrogens (tertiary/aromatic N) is 2. The minimum Gasteiger partial charge on any atom is -0.550 e. The Morgan fingerprint density at radius 2 is 1.70 bits per heavy atom. The molecule has 11 heteroatoms. The monoisotopic (exact) mass is 400 g/mol. The van der Waals surface area contributed by atoms with Crippen LogP contribution in [0.1, 0.15) is 33.0 Å². The second-order valence-electron chi connectivity index (χ2n) is 4.00. The first-order valence-electron chi connectivity index (χ1n) is 6.29. The van der Waals surface area contributed by atoms with Crippen LogP contribution in [0, 0.1) is 0 Å². The van der Waals surface area contributed by atoms with Crippen molar-refractivity contribution in [3.8, 4) is 0 Å².